The van der Waals surface area contributed by atoms with Crippen LogP contribution < -0.4 is 0 Å². The molecule has 1 aromatic rings. The number of aldehydes is 1. The van der Waals surface area contributed by atoms with E-state index >= 15 is 0 Å². The Hall–Kier alpha value is -1.37. The van der Waals surface area contributed by atoms with Crippen LogP contribution in [-0.4, -0.2) is 6.29 Å². The number of rotatable bonds is 3. The average molecular weight is 160 g/mol. The quantitative estimate of drug-likeness (QED) is 0.621. The van der Waals surface area contributed by atoms with Crippen molar-refractivity contribution in [1.29, 1.82) is 0 Å². The van der Waals surface area contributed by atoms with E-state index in [2.05, 4.69) is 0 Å². The Bertz CT molecular complexity index is 272. The van der Waals surface area contributed by atoms with Gasteiger partial charge in [-0.3, -0.25) is 0 Å². The summed E-state index contributed by atoms with van der Waals surface area (Å²) < 4.78 is 0. The Morgan fingerprint density at radius 3 is 2.58 bits per heavy atom. The molecule has 0 atom stereocenters. The lowest BCUT2D eigenvalue weighted by atomic mass is 10.1. The predicted octanol–water partition coefficient (Wildman–Crippen LogP) is 2.68. The third-order valence-electron chi connectivity index (χ3n) is 1.62. The van der Waals surface area contributed by atoms with Gasteiger partial charge >= 0.3 is 0 Å². The molecule has 0 saturated carbocycles. The second-order valence-electron chi connectivity index (χ2n) is 2.77. The van der Waals surface area contributed by atoms with Gasteiger partial charge < -0.3 is 4.79 Å². The predicted molar refractivity (Wildman–Crippen MR) is 50.8 cm³/mol. The van der Waals surface area contributed by atoms with E-state index < -0.39 is 0 Å². The molecule has 0 aliphatic rings. The summed E-state index contributed by atoms with van der Waals surface area (Å²) in [5, 5.41) is 0. The fourth-order valence-corrected chi connectivity index (χ4v) is 1.02. The van der Waals surface area contributed by atoms with Crippen molar-refractivity contribution >= 4 is 12.4 Å². The molecule has 0 saturated heterocycles. The summed E-state index contributed by atoms with van der Waals surface area (Å²) in [7, 11) is 0. The van der Waals surface area contributed by atoms with Gasteiger partial charge in [0.1, 0.15) is 6.29 Å². The highest BCUT2D eigenvalue weighted by Crippen LogP contribution is 2.07. The highest BCUT2D eigenvalue weighted by molar-refractivity contribution is 5.61. The Balaban J connectivity index is 2.74. The van der Waals surface area contributed by atoms with E-state index in [1.165, 1.54) is 0 Å². The minimum Gasteiger partial charge on any atom is -0.303 e. The number of carbonyl (C=O) groups excluding carboxylic acids is 1. The Morgan fingerprint density at radius 1 is 1.33 bits per heavy atom. The van der Waals surface area contributed by atoms with E-state index in [1.807, 2.05) is 43.3 Å². The van der Waals surface area contributed by atoms with Crippen molar-refractivity contribution in [2.24, 2.45) is 0 Å². The molecule has 0 aromatic heterocycles. The maximum absolute atomic E-state index is 10.2. The molecular formula is C11H12O. The fourth-order valence-electron chi connectivity index (χ4n) is 1.02. The first-order valence-electron chi connectivity index (χ1n) is 3.99. The van der Waals surface area contributed by atoms with Crippen LogP contribution in [0.4, 0.5) is 0 Å². The highest BCUT2D eigenvalue weighted by atomic mass is 16.1. The molecule has 0 unspecified atom stereocenters. The number of benzene rings is 1. The first-order valence-corrected chi connectivity index (χ1v) is 3.99. The lowest BCUT2D eigenvalue weighted by Crippen LogP contribution is -1.78. The summed E-state index contributed by atoms with van der Waals surface area (Å²) in [6.45, 7) is 1.96. The monoisotopic (exact) mass is 160 g/mol. The smallest absolute Gasteiger partial charge is 0.124 e. The van der Waals surface area contributed by atoms with Crippen molar-refractivity contribution in [1.82, 2.24) is 0 Å². The molecule has 0 aliphatic heterocycles. The largest absolute Gasteiger partial charge is 0.303 e. The van der Waals surface area contributed by atoms with Gasteiger partial charge in [-0.15, -0.1) is 0 Å². The van der Waals surface area contributed by atoms with Crippen molar-refractivity contribution in [3.8, 4) is 0 Å². The third-order valence-corrected chi connectivity index (χ3v) is 1.62. The van der Waals surface area contributed by atoms with Crippen molar-refractivity contribution < 1.29 is 4.79 Å². The van der Waals surface area contributed by atoms with Crippen LogP contribution in [0.15, 0.2) is 35.9 Å². The number of carbonyl (C=O) groups is 1. The third kappa shape index (κ3) is 2.70. The van der Waals surface area contributed by atoms with Gasteiger partial charge in [-0.2, -0.15) is 0 Å². The van der Waals surface area contributed by atoms with Crippen LogP contribution in [-0.2, 0) is 4.79 Å². The van der Waals surface area contributed by atoms with Crippen LogP contribution in [0.1, 0.15) is 18.9 Å². The summed E-state index contributed by atoms with van der Waals surface area (Å²) in [5.41, 5.74) is 2.24. The first kappa shape index (κ1) is 8.72. The van der Waals surface area contributed by atoms with Crippen molar-refractivity contribution in [3.05, 3.63) is 41.5 Å². The lowest BCUT2D eigenvalue weighted by Gasteiger charge is -1.94. The number of hydrogen-bond donors (Lipinski definition) is 0. The normalized spacial score (nSPS) is 11.2. The van der Waals surface area contributed by atoms with Crippen LogP contribution in [0.3, 0.4) is 0 Å². The van der Waals surface area contributed by atoms with Crippen LogP contribution in [0.5, 0.6) is 0 Å². The Kier molecular flexibility index (Phi) is 3.27. The molecule has 0 heterocycles. The molecule has 1 nitrogen and oxygen atoms in total. The summed E-state index contributed by atoms with van der Waals surface area (Å²) >= 11 is 0. The van der Waals surface area contributed by atoms with Crippen LogP contribution >= 0.6 is 0 Å². The van der Waals surface area contributed by atoms with Gasteiger partial charge in [0.15, 0.2) is 0 Å². The second-order valence-corrected chi connectivity index (χ2v) is 2.77. The maximum atomic E-state index is 10.2. The minimum absolute atomic E-state index is 0.523. The van der Waals surface area contributed by atoms with Crippen LogP contribution in [0, 0.1) is 0 Å². The molecule has 0 amide bonds. The van der Waals surface area contributed by atoms with E-state index in [4.69, 9.17) is 0 Å². The molecule has 1 aromatic carbocycles. The summed E-state index contributed by atoms with van der Waals surface area (Å²) in [4.78, 5) is 10.2. The van der Waals surface area contributed by atoms with Crippen molar-refractivity contribution in [2.75, 3.05) is 0 Å². The topological polar surface area (TPSA) is 17.1 Å². The number of hydrogen-bond acceptors (Lipinski definition) is 1. The summed E-state index contributed by atoms with van der Waals surface area (Å²) in [5.74, 6) is 0. The lowest BCUT2D eigenvalue weighted by molar-refractivity contribution is -0.107. The second kappa shape index (κ2) is 4.50. The molecule has 1 rings (SSSR count). The summed E-state index contributed by atoms with van der Waals surface area (Å²) in [6.07, 6.45) is 3.47. The fraction of sp³-hybridized carbons (Fsp3) is 0.182. The molecular weight excluding hydrogens is 148 g/mol. The zero-order chi connectivity index (χ0) is 8.81. The van der Waals surface area contributed by atoms with Crippen molar-refractivity contribution in [2.45, 2.75) is 13.3 Å². The van der Waals surface area contributed by atoms with Gasteiger partial charge in [-0.25, -0.2) is 0 Å². The van der Waals surface area contributed by atoms with Gasteiger partial charge in [0.05, 0.1) is 0 Å². The van der Waals surface area contributed by atoms with E-state index in [-0.39, 0.29) is 0 Å². The Labute approximate surface area is 72.7 Å². The van der Waals surface area contributed by atoms with Crippen molar-refractivity contribution in [3.63, 3.8) is 0 Å². The minimum atomic E-state index is 0.523. The molecule has 12 heavy (non-hydrogen) atoms. The maximum Gasteiger partial charge on any atom is 0.124 e. The van der Waals surface area contributed by atoms with Gasteiger partial charge in [-0.1, -0.05) is 42.0 Å². The molecule has 0 spiro atoms. The van der Waals surface area contributed by atoms with Gasteiger partial charge in [0, 0.05) is 6.42 Å². The van der Waals surface area contributed by atoms with Gasteiger partial charge in [0.2, 0.25) is 0 Å². The number of allylic oxidation sites excluding steroid dienone is 1. The highest BCUT2D eigenvalue weighted by Gasteiger charge is 1.88. The van der Waals surface area contributed by atoms with E-state index in [9.17, 15) is 4.79 Å². The molecule has 0 bridgehead atoms. The molecule has 0 fully saturated rings. The average Bonchev–Trinajstić information content (AvgIpc) is 2.06. The van der Waals surface area contributed by atoms with E-state index in [0.29, 0.717) is 6.42 Å². The van der Waals surface area contributed by atoms with Gasteiger partial charge in [0.25, 0.3) is 0 Å². The Morgan fingerprint density at radius 2 is 2.00 bits per heavy atom. The molecule has 1 heteroatoms. The molecule has 0 N–H and O–H groups in total. The zero-order valence-electron chi connectivity index (χ0n) is 7.16. The van der Waals surface area contributed by atoms with E-state index in [1.54, 1.807) is 0 Å². The summed E-state index contributed by atoms with van der Waals surface area (Å²) in [6, 6.07) is 10.00. The zero-order valence-corrected chi connectivity index (χ0v) is 7.16. The van der Waals surface area contributed by atoms with Crippen LogP contribution in [0.2, 0.25) is 0 Å². The first-order chi connectivity index (χ1) is 5.83. The van der Waals surface area contributed by atoms with Gasteiger partial charge in [-0.05, 0) is 12.5 Å². The molecule has 62 valence electrons. The standard InChI is InChI=1S/C11H12O/c1-10(7-8-12)9-11-5-3-2-4-6-11/h2-6,8-9H,7H2,1H3/b10-9-. The van der Waals surface area contributed by atoms with Crippen LogP contribution in [0.25, 0.3) is 6.08 Å². The molecule has 0 aliphatic carbocycles. The SMILES string of the molecule is C/C(=C/c1ccccc1)CC=O. The van der Waals surface area contributed by atoms with E-state index in [0.717, 1.165) is 17.4 Å². The molecule has 0 radical (unpaired) electrons.